The molecule has 0 aliphatic rings. The van der Waals surface area contributed by atoms with Gasteiger partial charge in [-0.15, -0.1) is 11.8 Å². The van der Waals surface area contributed by atoms with Gasteiger partial charge in [0, 0.05) is 4.90 Å². The minimum absolute atomic E-state index is 0.302. The molecule has 1 aromatic carbocycles. The fourth-order valence-electron chi connectivity index (χ4n) is 1.34. The van der Waals surface area contributed by atoms with Gasteiger partial charge < -0.3 is 5.11 Å². The molecule has 16 heavy (non-hydrogen) atoms. The van der Waals surface area contributed by atoms with Gasteiger partial charge in [0.15, 0.2) is 0 Å². The molecule has 0 bridgehead atoms. The summed E-state index contributed by atoms with van der Waals surface area (Å²) in [6.07, 6.45) is 4.84. The van der Waals surface area contributed by atoms with Gasteiger partial charge >= 0.3 is 5.97 Å². The molecular formula is C10H9N3O2S. The van der Waals surface area contributed by atoms with Crippen LogP contribution in [0.2, 0.25) is 0 Å². The highest BCUT2D eigenvalue weighted by atomic mass is 32.2. The second kappa shape index (κ2) is 4.36. The standard InChI is InChI=1S/C10H9N3O2S/c1-16-9-4-7(13-6-11-5-12-13)2-3-8(9)10(14)15/h2-6H,1H3,(H,14,15). The van der Waals surface area contributed by atoms with Gasteiger partial charge in [-0.05, 0) is 24.5 Å². The molecule has 0 saturated carbocycles. The summed E-state index contributed by atoms with van der Waals surface area (Å²) in [6, 6.07) is 5.06. The molecule has 82 valence electrons. The van der Waals surface area contributed by atoms with Crippen LogP contribution in [0.4, 0.5) is 0 Å². The summed E-state index contributed by atoms with van der Waals surface area (Å²) >= 11 is 1.39. The average Bonchev–Trinajstić information content (AvgIpc) is 2.81. The van der Waals surface area contributed by atoms with Gasteiger partial charge in [-0.25, -0.2) is 14.5 Å². The molecule has 1 aromatic heterocycles. The summed E-state index contributed by atoms with van der Waals surface area (Å²) in [6.45, 7) is 0. The molecule has 0 fully saturated rings. The van der Waals surface area contributed by atoms with E-state index in [4.69, 9.17) is 5.11 Å². The Kier molecular flexibility index (Phi) is 2.91. The van der Waals surface area contributed by atoms with Gasteiger partial charge in [0.2, 0.25) is 0 Å². The second-order valence-corrected chi connectivity index (χ2v) is 3.88. The number of benzene rings is 1. The van der Waals surface area contributed by atoms with Crippen LogP contribution in [0, 0.1) is 0 Å². The maximum Gasteiger partial charge on any atom is 0.336 e. The molecule has 0 unspecified atom stereocenters. The number of aromatic carboxylic acids is 1. The van der Waals surface area contributed by atoms with Gasteiger partial charge in [-0.1, -0.05) is 0 Å². The lowest BCUT2D eigenvalue weighted by Gasteiger charge is -2.06. The fraction of sp³-hybridized carbons (Fsp3) is 0.100. The SMILES string of the molecule is CSc1cc(-n2cncn2)ccc1C(=O)O. The highest BCUT2D eigenvalue weighted by Gasteiger charge is 2.10. The van der Waals surface area contributed by atoms with E-state index >= 15 is 0 Å². The van der Waals surface area contributed by atoms with Gasteiger partial charge in [0.05, 0.1) is 11.3 Å². The largest absolute Gasteiger partial charge is 0.478 e. The first kappa shape index (κ1) is 10.7. The third-order valence-electron chi connectivity index (χ3n) is 2.10. The molecule has 0 aliphatic heterocycles. The number of carboxylic acids is 1. The van der Waals surface area contributed by atoms with Crippen molar-refractivity contribution in [1.29, 1.82) is 0 Å². The van der Waals surface area contributed by atoms with Gasteiger partial charge in [-0.3, -0.25) is 0 Å². The zero-order valence-corrected chi connectivity index (χ0v) is 9.31. The van der Waals surface area contributed by atoms with E-state index in [9.17, 15) is 4.79 Å². The minimum Gasteiger partial charge on any atom is -0.478 e. The number of nitrogens with zero attached hydrogens (tertiary/aromatic N) is 3. The van der Waals surface area contributed by atoms with Gasteiger partial charge in [0.25, 0.3) is 0 Å². The molecule has 0 amide bonds. The van der Waals surface area contributed by atoms with Crippen LogP contribution in [0.25, 0.3) is 5.69 Å². The molecule has 2 rings (SSSR count). The van der Waals surface area contributed by atoms with Crippen LogP contribution in [-0.2, 0) is 0 Å². The summed E-state index contributed by atoms with van der Waals surface area (Å²) in [5, 5.41) is 13.0. The van der Waals surface area contributed by atoms with Crippen molar-refractivity contribution in [1.82, 2.24) is 14.8 Å². The Morgan fingerprint density at radius 1 is 1.50 bits per heavy atom. The highest BCUT2D eigenvalue weighted by molar-refractivity contribution is 7.98. The number of carbonyl (C=O) groups is 1. The molecule has 6 heteroatoms. The molecule has 0 saturated heterocycles. The lowest BCUT2D eigenvalue weighted by Crippen LogP contribution is -2.01. The lowest BCUT2D eigenvalue weighted by molar-refractivity contribution is 0.0693. The van der Waals surface area contributed by atoms with E-state index in [1.165, 1.54) is 18.1 Å². The second-order valence-electron chi connectivity index (χ2n) is 3.03. The van der Waals surface area contributed by atoms with Gasteiger partial charge in [0.1, 0.15) is 12.7 Å². The number of aromatic nitrogens is 3. The Hall–Kier alpha value is -1.82. The summed E-state index contributed by atoms with van der Waals surface area (Å²) in [4.78, 5) is 15.5. The van der Waals surface area contributed by atoms with E-state index in [0.29, 0.717) is 10.5 Å². The van der Waals surface area contributed by atoms with Crippen LogP contribution < -0.4 is 0 Å². The average molecular weight is 235 g/mol. The van der Waals surface area contributed by atoms with Crippen molar-refractivity contribution in [2.75, 3.05) is 6.26 Å². The van der Waals surface area contributed by atoms with Crippen LogP contribution >= 0.6 is 11.8 Å². The molecule has 1 heterocycles. The van der Waals surface area contributed by atoms with Crippen LogP contribution in [0.3, 0.4) is 0 Å². The number of thioether (sulfide) groups is 1. The van der Waals surface area contributed by atoms with Crippen molar-refractivity contribution in [2.45, 2.75) is 4.90 Å². The van der Waals surface area contributed by atoms with Crippen molar-refractivity contribution in [3.63, 3.8) is 0 Å². The summed E-state index contributed by atoms with van der Waals surface area (Å²) in [7, 11) is 0. The zero-order valence-electron chi connectivity index (χ0n) is 8.49. The highest BCUT2D eigenvalue weighted by Crippen LogP contribution is 2.23. The van der Waals surface area contributed by atoms with Crippen molar-refractivity contribution in [3.05, 3.63) is 36.4 Å². The summed E-state index contributed by atoms with van der Waals surface area (Å²) < 4.78 is 1.59. The lowest BCUT2D eigenvalue weighted by atomic mass is 10.2. The number of hydrogen-bond acceptors (Lipinski definition) is 4. The normalized spacial score (nSPS) is 10.3. The van der Waals surface area contributed by atoms with Gasteiger partial charge in [-0.2, -0.15) is 5.10 Å². The smallest absolute Gasteiger partial charge is 0.336 e. The Labute approximate surface area is 96.1 Å². The number of carboxylic acid groups (broad SMARTS) is 1. The Bertz CT molecular complexity index is 511. The maximum atomic E-state index is 10.9. The first-order valence-electron chi connectivity index (χ1n) is 4.48. The predicted molar refractivity (Wildman–Crippen MR) is 60.1 cm³/mol. The molecule has 1 N–H and O–H groups in total. The predicted octanol–water partition coefficient (Wildman–Crippen LogP) is 1.69. The van der Waals surface area contributed by atoms with Crippen molar-refractivity contribution < 1.29 is 9.90 Å². The Morgan fingerprint density at radius 2 is 2.31 bits per heavy atom. The van der Waals surface area contributed by atoms with Crippen molar-refractivity contribution in [2.24, 2.45) is 0 Å². The fourth-order valence-corrected chi connectivity index (χ4v) is 1.95. The molecular weight excluding hydrogens is 226 g/mol. The molecule has 0 atom stereocenters. The van der Waals surface area contributed by atoms with Crippen LogP contribution in [0.15, 0.2) is 35.7 Å². The minimum atomic E-state index is -0.922. The van der Waals surface area contributed by atoms with E-state index < -0.39 is 5.97 Å². The first-order valence-corrected chi connectivity index (χ1v) is 5.71. The van der Waals surface area contributed by atoms with E-state index in [1.807, 2.05) is 6.26 Å². The van der Waals surface area contributed by atoms with E-state index in [0.717, 1.165) is 5.69 Å². The van der Waals surface area contributed by atoms with E-state index in [1.54, 1.807) is 29.2 Å². The first-order chi connectivity index (χ1) is 7.72. The van der Waals surface area contributed by atoms with Crippen molar-refractivity contribution in [3.8, 4) is 5.69 Å². The third-order valence-corrected chi connectivity index (χ3v) is 2.88. The molecule has 5 nitrogen and oxygen atoms in total. The number of rotatable bonds is 3. The van der Waals surface area contributed by atoms with Crippen LogP contribution in [0.1, 0.15) is 10.4 Å². The molecule has 0 aliphatic carbocycles. The summed E-state index contributed by atoms with van der Waals surface area (Å²) in [5.41, 5.74) is 1.10. The zero-order chi connectivity index (χ0) is 11.5. The third kappa shape index (κ3) is 1.92. The van der Waals surface area contributed by atoms with Crippen LogP contribution in [0.5, 0.6) is 0 Å². The molecule has 2 aromatic rings. The molecule has 0 radical (unpaired) electrons. The summed E-state index contributed by atoms with van der Waals surface area (Å²) in [5.74, 6) is -0.922. The maximum absolute atomic E-state index is 10.9. The number of hydrogen-bond donors (Lipinski definition) is 1. The molecule has 0 spiro atoms. The van der Waals surface area contributed by atoms with E-state index in [2.05, 4.69) is 10.1 Å². The van der Waals surface area contributed by atoms with Crippen LogP contribution in [-0.4, -0.2) is 32.1 Å². The Morgan fingerprint density at radius 3 is 2.88 bits per heavy atom. The Balaban J connectivity index is 2.49. The quantitative estimate of drug-likeness (QED) is 0.820. The monoisotopic (exact) mass is 235 g/mol. The van der Waals surface area contributed by atoms with E-state index in [-0.39, 0.29) is 0 Å². The topological polar surface area (TPSA) is 68.0 Å². The van der Waals surface area contributed by atoms with Crippen molar-refractivity contribution >= 4 is 17.7 Å².